The molecular formula is C18H22N6O. The first kappa shape index (κ1) is 16.0. The minimum Gasteiger partial charge on any atom is -0.493 e. The molecule has 0 saturated carbocycles. The summed E-state index contributed by atoms with van der Waals surface area (Å²) in [5.74, 6) is 1.37. The first-order valence-electron chi connectivity index (χ1n) is 8.81. The third kappa shape index (κ3) is 3.76. The number of ether oxygens (including phenoxy) is 1. The van der Waals surface area contributed by atoms with Crippen molar-refractivity contribution in [1.29, 1.82) is 0 Å². The number of fused-ring (bicyclic) bond motifs is 1. The third-order valence-corrected chi connectivity index (χ3v) is 4.66. The number of piperidine rings is 1. The van der Waals surface area contributed by atoms with Crippen LogP contribution in [0.5, 0.6) is 5.75 Å². The molecule has 130 valence electrons. The van der Waals surface area contributed by atoms with Crippen molar-refractivity contribution >= 4 is 10.9 Å². The minimum atomic E-state index is 0.516. The number of rotatable bonds is 6. The van der Waals surface area contributed by atoms with Gasteiger partial charge < -0.3 is 14.6 Å². The highest BCUT2D eigenvalue weighted by Crippen LogP contribution is 2.30. The number of nitrogens with one attached hydrogen (secondary N) is 1. The smallest absolute Gasteiger partial charge is 0.121 e. The van der Waals surface area contributed by atoms with E-state index in [0.29, 0.717) is 12.5 Å². The number of aryl methyl sites for hydroxylation is 1. The Morgan fingerprint density at radius 1 is 1.12 bits per heavy atom. The van der Waals surface area contributed by atoms with Gasteiger partial charge in [0.15, 0.2) is 0 Å². The zero-order valence-electron chi connectivity index (χ0n) is 14.1. The van der Waals surface area contributed by atoms with E-state index in [9.17, 15) is 0 Å². The van der Waals surface area contributed by atoms with E-state index in [2.05, 4.69) is 31.5 Å². The van der Waals surface area contributed by atoms with Gasteiger partial charge in [-0.2, -0.15) is 0 Å². The second-order valence-corrected chi connectivity index (χ2v) is 6.36. The highest BCUT2D eigenvalue weighted by molar-refractivity contribution is 5.82. The Morgan fingerprint density at radius 2 is 1.96 bits per heavy atom. The Morgan fingerprint density at radius 3 is 2.80 bits per heavy atom. The first-order valence-corrected chi connectivity index (χ1v) is 8.81. The topological polar surface area (TPSA) is 77.8 Å². The maximum absolute atomic E-state index is 5.87. The molecule has 4 rings (SSSR count). The van der Waals surface area contributed by atoms with Gasteiger partial charge in [0.1, 0.15) is 24.7 Å². The largest absolute Gasteiger partial charge is 0.493 e. The quantitative estimate of drug-likeness (QED) is 0.694. The molecule has 1 aliphatic rings. The zero-order valence-corrected chi connectivity index (χ0v) is 14.1. The number of nitrogens with zero attached hydrogens (tertiary/aromatic N) is 5. The molecule has 7 heteroatoms. The summed E-state index contributed by atoms with van der Waals surface area (Å²) in [6.07, 6.45) is 8.28. The lowest BCUT2D eigenvalue weighted by Gasteiger charge is -2.23. The second kappa shape index (κ2) is 7.57. The minimum absolute atomic E-state index is 0.516. The van der Waals surface area contributed by atoms with E-state index in [-0.39, 0.29) is 0 Å². The van der Waals surface area contributed by atoms with E-state index >= 15 is 0 Å². The third-order valence-electron chi connectivity index (χ3n) is 4.66. The van der Waals surface area contributed by atoms with Crippen LogP contribution in [-0.2, 0) is 6.54 Å². The van der Waals surface area contributed by atoms with Crippen molar-refractivity contribution in [2.45, 2.75) is 31.7 Å². The molecule has 0 amide bonds. The second-order valence-electron chi connectivity index (χ2n) is 6.36. The van der Waals surface area contributed by atoms with Gasteiger partial charge in [0.25, 0.3) is 0 Å². The van der Waals surface area contributed by atoms with Gasteiger partial charge in [-0.25, -0.2) is 9.97 Å². The lowest BCUT2D eigenvalue weighted by Crippen LogP contribution is -2.27. The Hall–Kier alpha value is -2.54. The van der Waals surface area contributed by atoms with Crippen LogP contribution in [0.2, 0.25) is 0 Å². The summed E-state index contributed by atoms with van der Waals surface area (Å²) in [6.45, 7) is 3.62. The molecule has 0 bridgehead atoms. The van der Waals surface area contributed by atoms with E-state index in [1.54, 1.807) is 19.0 Å². The van der Waals surface area contributed by atoms with E-state index in [0.717, 1.165) is 55.5 Å². The lowest BCUT2D eigenvalue weighted by atomic mass is 9.92. The molecule has 0 aliphatic carbocycles. The molecule has 2 aromatic heterocycles. The summed E-state index contributed by atoms with van der Waals surface area (Å²) in [4.78, 5) is 9.01. The van der Waals surface area contributed by atoms with Crippen molar-refractivity contribution in [2.24, 2.45) is 0 Å². The molecule has 25 heavy (non-hydrogen) atoms. The van der Waals surface area contributed by atoms with Crippen LogP contribution in [-0.4, -0.2) is 44.4 Å². The van der Waals surface area contributed by atoms with Crippen molar-refractivity contribution in [3.8, 4) is 5.75 Å². The van der Waals surface area contributed by atoms with E-state index in [1.807, 2.05) is 16.7 Å². The van der Waals surface area contributed by atoms with E-state index < -0.39 is 0 Å². The van der Waals surface area contributed by atoms with Crippen molar-refractivity contribution in [3.05, 3.63) is 42.9 Å². The Bertz CT molecular complexity index is 814. The van der Waals surface area contributed by atoms with Crippen LogP contribution in [0.25, 0.3) is 10.9 Å². The molecule has 1 N–H and O–H groups in total. The lowest BCUT2D eigenvalue weighted by molar-refractivity contribution is 0.302. The number of aromatic nitrogens is 5. The molecule has 1 fully saturated rings. The van der Waals surface area contributed by atoms with Crippen LogP contribution in [0.1, 0.15) is 30.9 Å². The fraction of sp³-hybridized carbons (Fsp3) is 0.444. The van der Waals surface area contributed by atoms with Gasteiger partial charge in [0.2, 0.25) is 0 Å². The van der Waals surface area contributed by atoms with Crippen LogP contribution >= 0.6 is 0 Å². The average molecular weight is 338 g/mol. The molecule has 1 aliphatic heterocycles. The Labute approximate surface area is 146 Å². The highest BCUT2D eigenvalue weighted by atomic mass is 16.5. The molecule has 0 unspecified atom stereocenters. The van der Waals surface area contributed by atoms with Crippen LogP contribution in [0.4, 0.5) is 0 Å². The number of hydrogen-bond acceptors (Lipinski definition) is 6. The summed E-state index contributed by atoms with van der Waals surface area (Å²) >= 11 is 0. The molecule has 1 saturated heterocycles. The standard InChI is InChI=1S/C18H22N6O/c1(8-24-12-22-23-13-24)9-25-15-2-3-16-17(10-15)20-11-21-18(16)14-4-6-19-7-5-14/h2-3,10-14,19H,1,4-9H2. The Kier molecular flexibility index (Phi) is 4.83. The molecule has 3 heterocycles. The fourth-order valence-corrected chi connectivity index (χ4v) is 3.34. The van der Waals surface area contributed by atoms with Gasteiger partial charge in [-0.3, -0.25) is 0 Å². The predicted molar refractivity (Wildman–Crippen MR) is 94.5 cm³/mol. The molecular weight excluding hydrogens is 316 g/mol. The van der Waals surface area contributed by atoms with E-state index in [1.165, 1.54) is 5.69 Å². The van der Waals surface area contributed by atoms with Gasteiger partial charge >= 0.3 is 0 Å². The molecule has 0 spiro atoms. The maximum Gasteiger partial charge on any atom is 0.121 e. The van der Waals surface area contributed by atoms with Gasteiger partial charge in [-0.1, -0.05) is 0 Å². The highest BCUT2D eigenvalue weighted by Gasteiger charge is 2.19. The molecule has 7 nitrogen and oxygen atoms in total. The molecule has 0 radical (unpaired) electrons. The molecule has 3 aromatic rings. The SMILES string of the molecule is c1nc(C2CCNCC2)c2ccc(OCCCn3cnnc3)cc2n1. The monoisotopic (exact) mass is 338 g/mol. The number of hydrogen-bond donors (Lipinski definition) is 1. The summed E-state index contributed by atoms with van der Waals surface area (Å²) in [5.41, 5.74) is 2.13. The van der Waals surface area contributed by atoms with Crippen molar-refractivity contribution < 1.29 is 4.74 Å². The van der Waals surface area contributed by atoms with Gasteiger partial charge in [-0.15, -0.1) is 10.2 Å². The summed E-state index contributed by atoms with van der Waals surface area (Å²) < 4.78 is 7.82. The van der Waals surface area contributed by atoms with Crippen LogP contribution in [0, 0.1) is 0 Å². The van der Waals surface area contributed by atoms with E-state index in [4.69, 9.17) is 4.74 Å². The first-order chi connectivity index (χ1) is 12.4. The van der Waals surface area contributed by atoms with Crippen molar-refractivity contribution in [3.63, 3.8) is 0 Å². The van der Waals surface area contributed by atoms with Crippen molar-refractivity contribution in [2.75, 3.05) is 19.7 Å². The van der Waals surface area contributed by atoms with Crippen LogP contribution in [0.3, 0.4) is 0 Å². The molecule has 1 aromatic carbocycles. The summed E-state index contributed by atoms with van der Waals surface area (Å²) in [6, 6.07) is 6.14. The van der Waals surface area contributed by atoms with Gasteiger partial charge in [0, 0.05) is 23.9 Å². The Balaban J connectivity index is 1.43. The predicted octanol–water partition coefficient (Wildman–Crippen LogP) is 2.16. The maximum atomic E-state index is 5.87. The summed E-state index contributed by atoms with van der Waals surface area (Å²) in [5, 5.41) is 12.1. The number of benzene rings is 1. The average Bonchev–Trinajstić information content (AvgIpc) is 3.19. The fourth-order valence-electron chi connectivity index (χ4n) is 3.34. The summed E-state index contributed by atoms with van der Waals surface area (Å²) in [7, 11) is 0. The van der Waals surface area contributed by atoms with Gasteiger partial charge in [-0.05, 0) is 44.5 Å². The normalized spacial score (nSPS) is 15.5. The van der Waals surface area contributed by atoms with Crippen molar-refractivity contribution in [1.82, 2.24) is 30.0 Å². The van der Waals surface area contributed by atoms with Crippen LogP contribution < -0.4 is 10.1 Å². The van der Waals surface area contributed by atoms with Crippen LogP contribution in [0.15, 0.2) is 37.2 Å². The molecule has 0 atom stereocenters. The zero-order chi connectivity index (χ0) is 16.9. The van der Waals surface area contributed by atoms with Gasteiger partial charge in [0.05, 0.1) is 17.8 Å².